The molecule has 0 aromatic heterocycles. The Bertz CT molecular complexity index is 451. The molecule has 0 amide bonds. The summed E-state index contributed by atoms with van der Waals surface area (Å²) in [5.41, 5.74) is 0. The Labute approximate surface area is 258 Å². The van der Waals surface area contributed by atoms with E-state index in [9.17, 15) is 9.59 Å². The van der Waals surface area contributed by atoms with E-state index >= 15 is 0 Å². The average Bonchev–Trinajstić information content (AvgIpc) is 2.44. The molecule has 0 unspecified atom stereocenters. The van der Waals surface area contributed by atoms with E-state index in [1.54, 1.807) is 32.5 Å². The number of aliphatic hydroxyl groups excluding tert-OH is 1. The molecule has 0 rings (SSSR count). The van der Waals surface area contributed by atoms with E-state index in [0.717, 1.165) is 0 Å². The van der Waals surface area contributed by atoms with Crippen LogP contribution in [-0.2, 0) is 19.1 Å². The summed E-state index contributed by atoms with van der Waals surface area (Å²) in [5.74, 6) is -0.410. The second-order valence-electron chi connectivity index (χ2n) is 9.04. The average molecular weight is 591 g/mol. The van der Waals surface area contributed by atoms with Crippen molar-refractivity contribution < 1.29 is 81.0 Å². The number of carbonyl (C=O) groups excluding carboxylic acids is 2. The normalized spacial score (nSPS) is 10.7. The van der Waals surface area contributed by atoms with Gasteiger partial charge < -0.3 is 20.1 Å². The van der Waals surface area contributed by atoms with Crippen LogP contribution < -0.4 is 51.4 Å². The standard InChI is InChI=1S/C10H20O2S.C6H10BrO2.C4H10S.C2H6O.K.H2O/c1-7-12-8(11)10(5,6)13-9(2,3)4;1-4-9-5(8)6(2,3)7;1-4(2,3)5;1-2-3;;/h7H2,1-6H3;1,4H2,2-3H3;5H,1-3H3;3H,2H2,1H3;;1H2/q;+1;;;+1;/p-1. The monoisotopic (exact) mass is 589 g/mol. The molecule has 0 saturated heterocycles. The van der Waals surface area contributed by atoms with Gasteiger partial charge in [0.2, 0.25) is 6.61 Å². The Hall–Kier alpha value is 1.55. The molecule has 0 atom stereocenters. The summed E-state index contributed by atoms with van der Waals surface area (Å²) >= 11 is 8.90. The van der Waals surface area contributed by atoms with Crippen LogP contribution in [0, 0.1) is 6.92 Å². The van der Waals surface area contributed by atoms with Crippen LogP contribution in [-0.4, -0.2) is 60.9 Å². The van der Waals surface area contributed by atoms with Crippen molar-refractivity contribution in [1.82, 2.24) is 0 Å². The van der Waals surface area contributed by atoms with Crippen molar-refractivity contribution in [3.63, 3.8) is 0 Å². The fourth-order valence-corrected chi connectivity index (χ4v) is 3.16. The van der Waals surface area contributed by atoms with Gasteiger partial charge in [-0.25, -0.2) is 0 Å². The van der Waals surface area contributed by atoms with Crippen LogP contribution in [0.25, 0.3) is 0 Å². The van der Waals surface area contributed by atoms with E-state index < -0.39 is 9.07 Å². The first-order valence-corrected chi connectivity index (χ1v) is 12.0. The number of thiol groups is 1. The van der Waals surface area contributed by atoms with Crippen molar-refractivity contribution in [2.45, 2.75) is 102 Å². The van der Waals surface area contributed by atoms with Gasteiger partial charge in [-0.3, -0.25) is 9.59 Å². The predicted molar refractivity (Wildman–Crippen MR) is 141 cm³/mol. The van der Waals surface area contributed by atoms with Crippen LogP contribution in [0.1, 0.15) is 83.1 Å². The minimum atomic E-state index is -0.579. The van der Waals surface area contributed by atoms with E-state index in [4.69, 9.17) is 9.84 Å². The smallest absolute Gasteiger partial charge is 0.870 e. The number of alkyl halides is 1. The van der Waals surface area contributed by atoms with E-state index in [1.807, 2.05) is 20.8 Å². The summed E-state index contributed by atoms with van der Waals surface area (Å²) in [4.78, 5) is 22.3. The summed E-state index contributed by atoms with van der Waals surface area (Å²) in [5, 5.41) is 7.57. The minimum Gasteiger partial charge on any atom is -0.870 e. The maximum absolute atomic E-state index is 11.5. The Balaban J connectivity index is -0.0000000778. The molecule has 2 N–H and O–H groups in total. The molecule has 0 spiro atoms. The van der Waals surface area contributed by atoms with Crippen molar-refractivity contribution in [3.05, 3.63) is 6.92 Å². The molecular formula is C22H47BrKO6S2+. The van der Waals surface area contributed by atoms with Crippen molar-refractivity contribution in [2.75, 3.05) is 19.8 Å². The van der Waals surface area contributed by atoms with Gasteiger partial charge in [-0.15, -0.1) is 11.8 Å². The molecule has 6 nitrogen and oxygen atoms in total. The fourth-order valence-electron chi connectivity index (χ4n) is 1.38. The number of hydrogen-bond acceptors (Lipinski definition) is 8. The zero-order valence-corrected chi connectivity index (χ0v) is 29.0. The van der Waals surface area contributed by atoms with Gasteiger partial charge in [-0.05, 0) is 41.5 Å². The van der Waals surface area contributed by atoms with E-state index in [0.29, 0.717) is 6.61 Å². The Morgan fingerprint density at radius 1 is 0.938 bits per heavy atom. The molecule has 0 saturated carbocycles. The topological polar surface area (TPSA) is 103 Å². The minimum absolute atomic E-state index is 0. The Morgan fingerprint density at radius 3 is 1.41 bits per heavy atom. The third-order valence-corrected chi connectivity index (χ3v) is 3.66. The first-order chi connectivity index (χ1) is 13.1. The molecule has 32 heavy (non-hydrogen) atoms. The van der Waals surface area contributed by atoms with Gasteiger partial charge in [0.1, 0.15) is 16.0 Å². The number of aliphatic hydroxyl groups is 1. The zero-order valence-electron chi connectivity index (χ0n) is 22.6. The van der Waals surface area contributed by atoms with Gasteiger partial charge in [0.25, 0.3) is 0 Å². The van der Waals surface area contributed by atoms with Crippen LogP contribution >= 0.6 is 40.3 Å². The maximum atomic E-state index is 11.5. The summed E-state index contributed by atoms with van der Waals surface area (Å²) in [7, 11) is 0. The molecule has 0 aliphatic rings. The van der Waals surface area contributed by atoms with Crippen LogP contribution in [0.4, 0.5) is 0 Å². The van der Waals surface area contributed by atoms with Crippen molar-refractivity contribution in [2.24, 2.45) is 0 Å². The van der Waals surface area contributed by atoms with E-state index in [1.165, 1.54) is 0 Å². The number of thioether (sulfide) groups is 1. The third-order valence-electron chi connectivity index (χ3n) is 2.05. The summed E-state index contributed by atoms with van der Waals surface area (Å²) < 4.78 is 8.85. The number of carbonyl (C=O) groups is 2. The van der Waals surface area contributed by atoms with Gasteiger partial charge in [0, 0.05) is 16.1 Å². The van der Waals surface area contributed by atoms with Crippen LogP contribution in [0.5, 0.6) is 0 Å². The Kier molecular flexibility index (Phi) is 33.6. The van der Waals surface area contributed by atoms with Gasteiger partial charge in [-0.1, -0.05) is 57.5 Å². The quantitative estimate of drug-likeness (QED) is 0.167. The predicted octanol–water partition coefficient (Wildman–Crippen LogP) is 2.94. The Morgan fingerprint density at radius 2 is 1.25 bits per heavy atom. The van der Waals surface area contributed by atoms with E-state index in [2.05, 4.69) is 81.8 Å². The zero-order chi connectivity index (χ0) is 25.4. The number of hydrogen-bond donors (Lipinski definition) is 2. The number of rotatable bonds is 5. The molecule has 0 fully saturated rings. The second kappa shape index (κ2) is 23.0. The molecule has 0 radical (unpaired) electrons. The molecule has 10 heteroatoms. The van der Waals surface area contributed by atoms with Gasteiger partial charge >= 0.3 is 63.3 Å². The first kappa shape index (κ1) is 46.8. The summed E-state index contributed by atoms with van der Waals surface area (Å²) in [6.07, 6.45) is 0. The first-order valence-electron chi connectivity index (χ1n) is 9.95. The fraction of sp³-hybridized carbons (Fsp3) is 0.864. The molecule has 0 aromatic carbocycles. The van der Waals surface area contributed by atoms with Crippen LogP contribution in [0.3, 0.4) is 0 Å². The third kappa shape index (κ3) is 45.1. The summed E-state index contributed by atoms with van der Waals surface area (Å²) in [6.45, 7) is 27.5. The van der Waals surface area contributed by atoms with Gasteiger partial charge in [-0.2, -0.15) is 12.6 Å². The number of esters is 2. The van der Waals surface area contributed by atoms with E-state index in [-0.39, 0.29) is 91.5 Å². The maximum Gasteiger partial charge on any atom is 1.00 e. The second-order valence-corrected chi connectivity index (χ2v) is 14.8. The largest absolute Gasteiger partial charge is 1.00 e. The molecule has 0 bridgehead atoms. The molecule has 190 valence electrons. The van der Waals surface area contributed by atoms with Gasteiger partial charge in [0.15, 0.2) is 0 Å². The van der Waals surface area contributed by atoms with Crippen molar-refractivity contribution >= 4 is 52.3 Å². The molecule has 0 aliphatic heterocycles. The molecule has 0 aliphatic carbocycles. The van der Waals surface area contributed by atoms with Crippen LogP contribution in [0.15, 0.2) is 0 Å². The van der Waals surface area contributed by atoms with Crippen LogP contribution in [0.2, 0.25) is 0 Å². The summed E-state index contributed by atoms with van der Waals surface area (Å²) in [6, 6.07) is 0. The van der Waals surface area contributed by atoms with Crippen molar-refractivity contribution in [3.8, 4) is 0 Å². The molecular weight excluding hydrogens is 543 g/mol. The number of halogens is 1. The van der Waals surface area contributed by atoms with Crippen molar-refractivity contribution in [1.29, 1.82) is 0 Å². The molecule has 0 aromatic rings. The molecule has 0 heterocycles. The number of ether oxygens (including phenoxy) is 2. The van der Waals surface area contributed by atoms with Gasteiger partial charge in [0.05, 0.1) is 6.61 Å². The SMILES string of the molecule is CC(C)(C)S.CCO.CCOC(=O)C(C)(C)SC(C)(C)C.[CH2+]COC(=O)C(C)(C)Br.[K+].[OH-].